The van der Waals surface area contributed by atoms with Gasteiger partial charge in [-0.2, -0.15) is 13.5 Å². The Balaban J connectivity index is 2.15. The monoisotopic (exact) mass is 393 g/mol. The lowest BCUT2D eigenvalue weighted by Gasteiger charge is -2.07. The van der Waals surface area contributed by atoms with E-state index in [0.717, 1.165) is 18.7 Å². The molecule has 0 fully saturated rings. The Kier molecular flexibility index (Phi) is 6.35. The lowest BCUT2D eigenvalue weighted by molar-refractivity contribution is -0.385. The summed E-state index contributed by atoms with van der Waals surface area (Å²) in [6.07, 6.45) is 1.95. The topological polar surface area (TPSA) is 131 Å². The fourth-order valence-electron chi connectivity index (χ4n) is 2.11. The van der Waals surface area contributed by atoms with Gasteiger partial charge in [-0.05, 0) is 31.5 Å². The number of ether oxygens (including phenoxy) is 1. The van der Waals surface area contributed by atoms with Crippen LogP contribution in [0.25, 0.3) is 0 Å². The minimum Gasteiger partial charge on any atom is -0.507 e. The number of sulfonamides is 1. The average Bonchev–Trinajstić information content (AvgIpc) is 2.61. The lowest BCUT2D eigenvalue weighted by Crippen LogP contribution is -2.18. The molecule has 2 aromatic carbocycles. The van der Waals surface area contributed by atoms with E-state index >= 15 is 0 Å². The second kappa shape index (κ2) is 8.49. The highest BCUT2D eigenvalue weighted by Crippen LogP contribution is 2.23. The first-order valence-electron chi connectivity index (χ1n) is 8.00. The van der Waals surface area contributed by atoms with Crippen molar-refractivity contribution in [3.63, 3.8) is 0 Å². The van der Waals surface area contributed by atoms with E-state index in [1.54, 1.807) is 6.07 Å². The van der Waals surface area contributed by atoms with Crippen LogP contribution in [0.1, 0.15) is 24.5 Å². The standard InChI is InChI=1S/C17H19N3O6S/c1-3-8-26-14-6-5-13(17(21)9-14)11-18-19-27(24,25)15-7-4-12(2)16(10-15)20(22)23/h4-7,9-11,19,21H,3,8H2,1-2H3. The maximum atomic E-state index is 12.2. The average molecular weight is 393 g/mol. The largest absolute Gasteiger partial charge is 0.507 e. The number of nitro benzene ring substituents is 1. The summed E-state index contributed by atoms with van der Waals surface area (Å²) in [6.45, 7) is 3.97. The molecule has 2 aromatic rings. The first-order valence-corrected chi connectivity index (χ1v) is 9.48. The van der Waals surface area contributed by atoms with E-state index in [0.29, 0.717) is 17.9 Å². The van der Waals surface area contributed by atoms with Gasteiger partial charge in [-0.25, -0.2) is 4.83 Å². The Labute approximate surface area is 156 Å². The van der Waals surface area contributed by atoms with E-state index in [9.17, 15) is 23.6 Å². The summed E-state index contributed by atoms with van der Waals surface area (Å²) in [4.78, 5) is 12.0. The summed E-state index contributed by atoms with van der Waals surface area (Å²) >= 11 is 0. The molecule has 2 rings (SSSR count). The van der Waals surface area contributed by atoms with Crippen LogP contribution in [0.4, 0.5) is 5.69 Å². The summed E-state index contributed by atoms with van der Waals surface area (Å²) in [5, 5.41) is 24.5. The highest BCUT2D eigenvalue weighted by Gasteiger charge is 2.19. The van der Waals surface area contributed by atoms with Gasteiger partial charge in [-0.15, -0.1) is 0 Å². The van der Waals surface area contributed by atoms with Crippen molar-refractivity contribution in [2.75, 3.05) is 6.61 Å². The van der Waals surface area contributed by atoms with E-state index in [1.165, 1.54) is 31.2 Å². The maximum Gasteiger partial charge on any atom is 0.276 e. The molecule has 0 spiro atoms. The van der Waals surface area contributed by atoms with Crippen LogP contribution in [-0.4, -0.2) is 31.3 Å². The fourth-order valence-corrected chi connectivity index (χ4v) is 2.92. The number of nitrogens with one attached hydrogen (secondary N) is 1. The number of rotatable bonds is 8. The SMILES string of the molecule is CCCOc1ccc(C=NNS(=O)(=O)c2ccc(C)c([N+](=O)[O-])c2)c(O)c1. The molecule has 0 aliphatic heterocycles. The smallest absolute Gasteiger partial charge is 0.276 e. The number of hydrogen-bond acceptors (Lipinski definition) is 7. The van der Waals surface area contributed by atoms with Crippen molar-refractivity contribution in [3.8, 4) is 11.5 Å². The number of aryl methyl sites for hydroxylation is 1. The molecule has 0 amide bonds. The summed E-state index contributed by atoms with van der Waals surface area (Å²) < 4.78 is 29.8. The summed E-state index contributed by atoms with van der Waals surface area (Å²) in [5.74, 6) is 0.358. The Morgan fingerprint density at radius 1 is 1.30 bits per heavy atom. The van der Waals surface area contributed by atoms with Crippen LogP contribution in [0.3, 0.4) is 0 Å². The van der Waals surface area contributed by atoms with Crippen LogP contribution in [0.5, 0.6) is 11.5 Å². The molecule has 0 bridgehead atoms. The maximum absolute atomic E-state index is 12.2. The van der Waals surface area contributed by atoms with Gasteiger partial charge in [-0.1, -0.05) is 13.0 Å². The quantitative estimate of drug-likeness (QED) is 0.403. The molecule has 10 heteroatoms. The Morgan fingerprint density at radius 3 is 2.67 bits per heavy atom. The molecule has 27 heavy (non-hydrogen) atoms. The highest BCUT2D eigenvalue weighted by atomic mass is 32.2. The van der Waals surface area contributed by atoms with Crippen LogP contribution < -0.4 is 9.57 Å². The van der Waals surface area contributed by atoms with Crippen molar-refractivity contribution < 1.29 is 23.2 Å². The first-order chi connectivity index (χ1) is 12.7. The van der Waals surface area contributed by atoms with Gasteiger partial charge in [0.15, 0.2) is 0 Å². The number of phenolic OH excluding ortho intramolecular Hbond substituents is 1. The fraction of sp³-hybridized carbons (Fsp3) is 0.235. The molecule has 0 radical (unpaired) electrons. The van der Waals surface area contributed by atoms with Gasteiger partial charge >= 0.3 is 0 Å². The number of hydrazone groups is 1. The normalized spacial score (nSPS) is 11.5. The second-order valence-corrected chi connectivity index (χ2v) is 7.29. The van der Waals surface area contributed by atoms with E-state index < -0.39 is 14.9 Å². The van der Waals surface area contributed by atoms with Gasteiger partial charge in [0, 0.05) is 23.3 Å². The van der Waals surface area contributed by atoms with Crippen LogP contribution >= 0.6 is 0 Å². The minimum atomic E-state index is -4.09. The zero-order valence-corrected chi connectivity index (χ0v) is 15.6. The molecule has 0 aliphatic carbocycles. The number of phenols is 1. The van der Waals surface area contributed by atoms with E-state index in [1.807, 2.05) is 11.8 Å². The molecule has 0 aromatic heterocycles. The number of benzene rings is 2. The summed E-state index contributed by atoms with van der Waals surface area (Å²) in [7, 11) is -4.09. The Morgan fingerprint density at radius 2 is 2.04 bits per heavy atom. The van der Waals surface area contributed by atoms with Crippen LogP contribution in [0, 0.1) is 17.0 Å². The van der Waals surface area contributed by atoms with Gasteiger partial charge < -0.3 is 9.84 Å². The minimum absolute atomic E-state index is 0.127. The van der Waals surface area contributed by atoms with E-state index in [2.05, 4.69) is 5.10 Å². The van der Waals surface area contributed by atoms with Crippen LogP contribution in [0.2, 0.25) is 0 Å². The first kappa shape index (κ1) is 20.2. The molecule has 0 atom stereocenters. The van der Waals surface area contributed by atoms with Crippen LogP contribution in [-0.2, 0) is 10.0 Å². The second-order valence-electron chi connectivity index (χ2n) is 5.63. The van der Waals surface area contributed by atoms with Crippen LogP contribution in [0.15, 0.2) is 46.4 Å². The van der Waals surface area contributed by atoms with Crippen molar-refractivity contribution in [2.24, 2.45) is 5.10 Å². The predicted octanol–water partition coefficient (Wildman–Crippen LogP) is 2.71. The zero-order chi connectivity index (χ0) is 20.0. The third-order valence-electron chi connectivity index (χ3n) is 3.54. The van der Waals surface area contributed by atoms with E-state index in [4.69, 9.17) is 4.74 Å². The van der Waals surface area contributed by atoms with Crippen molar-refractivity contribution in [3.05, 3.63) is 57.6 Å². The van der Waals surface area contributed by atoms with E-state index in [-0.39, 0.29) is 21.9 Å². The number of hydrogen-bond donors (Lipinski definition) is 2. The molecular weight excluding hydrogens is 374 g/mol. The zero-order valence-electron chi connectivity index (χ0n) is 14.7. The Bertz CT molecular complexity index is 973. The molecule has 144 valence electrons. The molecule has 2 N–H and O–H groups in total. The summed E-state index contributed by atoms with van der Waals surface area (Å²) in [5.41, 5.74) is 0.316. The lowest BCUT2D eigenvalue weighted by atomic mass is 10.2. The van der Waals surface area contributed by atoms with Gasteiger partial charge in [0.25, 0.3) is 15.7 Å². The molecule has 0 unspecified atom stereocenters. The molecule has 9 nitrogen and oxygen atoms in total. The Hall–Kier alpha value is -3.14. The van der Waals surface area contributed by atoms with Gasteiger partial charge in [0.05, 0.1) is 22.6 Å². The van der Waals surface area contributed by atoms with Crippen molar-refractivity contribution in [2.45, 2.75) is 25.2 Å². The van der Waals surface area contributed by atoms with Crippen molar-refractivity contribution in [1.82, 2.24) is 4.83 Å². The molecule has 0 heterocycles. The van der Waals surface area contributed by atoms with Crippen molar-refractivity contribution in [1.29, 1.82) is 0 Å². The van der Waals surface area contributed by atoms with Gasteiger partial charge in [0.1, 0.15) is 11.5 Å². The molecule has 0 saturated carbocycles. The van der Waals surface area contributed by atoms with Gasteiger partial charge in [0.2, 0.25) is 0 Å². The highest BCUT2D eigenvalue weighted by molar-refractivity contribution is 7.89. The number of nitro groups is 1. The third kappa shape index (κ3) is 5.17. The summed E-state index contributed by atoms with van der Waals surface area (Å²) in [6, 6.07) is 8.09. The molecule has 0 aliphatic rings. The molecular formula is C17H19N3O6S. The third-order valence-corrected chi connectivity index (χ3v) is 4.76. The van der Waals surface area contributed by atoms with Gasteiger partial charge in [-0.3, -0.25) is 10.1 Å². The predicted molar refractivity (Wildman–Crippen MR) is 99.6 cm³/mol. The molecule has 0 saturated heterocycles. The number of aromatic hydroxyl groups is 1. The number of nitrogens with zero attached hydrogens (tertiary/aromatic N) is 2. The van der Waals surface area contributed by atoms with Crippen molar-refractivity contribution >= 4 is 21.9 Å².